The molecule has 0 spiro atoms. The van der Waals surface area contributed by atoms with Crippen LogP contribution in [-0.2, 0) is 0 Å². The van der Waals surface area contributed by atoms with Crippen LogP contribution in [-0.4, -0.2) is 19.1 Å². The third-order valence-corrected chi connectivity index (χ3v) is 5.22. The van der Waals surface area contributed by atoms with Crippen molar-refractivity contribution in [3.63, 3.8) is 0 Å². The van der Waals surface area contributed by atoms with Crippen LogP contribution in [0.1, 0.15) is 11.1 Å². The highest BCUT2D eigenvalue weighted by Gasteiger charge is 2.13. The molecule has 0 aliphatic heterocycles. The minimum atomic E-state index is -0.461. The number of nitriles is 2. The number of non-ortho nitro benzene ring substituents is 1. The number of nitro groups is 1. The quantitative estimate of drug-likeness (QED) is 0.212. The summed E-state index contributed by atoms with van der Waals surface area (Å²) in [6.07, 6.45) is 0. The van der Waals surface area contributed by atoms with Crippen molar-refractivity contribution in [2.75, 3.05) is 20.0 Å². The summed E-state index contributed by atoms with van der Waals surface area (Å²) in [6, 6.07) is 28.2. The molecule has 0 saturated carbocycles. The molecule has 0 fully saturated rings. The molecule has 8 nitrogen and oxygen atoms in total. The van der Waals surface area contributed by atoms with Crippen molar-refractivity contribution in [3.05, 3.63) is 106 Å². The van der Waals surface area contributed by atoms with Crippen LogP contribution in [0.5, 0.6) is 11.5 Å². The molecule has 8 heteroatoms. The molecule has 0 aromatic heterocycles. The molecule has 0 amide bonds. The zero-order valence-corrected chi connectivity index (χ0v) is 19.6. The van der Waals surface area contributed by atoms with E-state index in [4.69, 9.17) is 25.7 Å². The van der Waals surface area contributed by atoms with Gasteiger partial charge in [0, 0.05) is 28.9 Å². The van der Waals surface area contributed by atoms with Crippen molar-refractivity contribution in [2.24, 2.45) is 0 Å². The van der Waals surface area contributed by atoms with E-state index in [0.717, 1.165) is 16.9 Å². The number of methoxy groups -OCH3 is 2. The molecule has 0 radical (unpaired) electrons. The zero-order valence-electron chi connectivity index (χ0n) is 19.6. The molecule has 0 saturated heterocycles. The van der Waals surface area contributed by atoms with Crippen LogP contribution >= 0.6 is 0 Å². The highest BCUT2D eigenvalue weighted by molar-refractivity contribution is 5.75. The van der Waals surface area contributed by atoms with Crippen LogP contribution in [0.25, 0.3) is 22.3 Å². The van der Waals surface area contributed by atoms with Gasteiger partial charge < -0.3 is 15.2 Å². The molecule has 178 valence electrons. The second kappa shape index (κ2) is 11.7. The summed E-state index contributed by atoms with van der Waals surface area (Å²) < 4.78 is 10.5. The first kappa shape index (κ1) is 25.3. The number of benzene rings is 4. The summed E-state index contributed by atoms with van der Waals surface area (Å²) in [5, 5.41) is 28.6. The third kappa shape index (κ3) is 5.96. The van der Waals surface area contributed by atoms with Crippen molar-refractivity contribution in [1.29, 1.82) is 10.5 Å². The number of nitrogens with two attached hydrogens (primary N) is 1. The standard InChI is InChI=1S/C14H10N2O3.C14H12N2O/c1-19-14-6-5-12(16(17)18)8-13(14)11-4-2-3-10(7-11)9-15;1-17-14-6-5-12(16)8-13(14)11-4-2-3-10(7-11)9-15/h2-8H,1H3;2-8H,16H2,1H3. The number of nitrogen functional groups attached to an aromatic ring is 1. The van der Waals surface area contributed by atoms with Gasteiger partial charge in [0.15, 0.2) is 0 Å². The predicted molar refractivity (Wildman–Crippen MR) is 137 cm³/mol. The van der Waals surface area contributed by atoms with Crippen molar-refractivity contribution >= 4 is 11.4 Å². The number of nitro benzene ring substituents is 1. The summed E-state index contributed by atoms with van der Waals surface area (Å²) >= 11 is 0. The molecule has 2 N–H and O–H groups in total. The van der Waals surface area contributed by atoms with Crippen LogP contribution in [0.2, 0.25) is 0 Å². The first-order chi connectivity index (χ1) is 17.4. The smallest absolute Gasteiger partial charge is 0.270 e. The maximum Gasteiger partial charge on any atom is 0.270 e. The van der Waals surface area contributed by atoms with Gasteiger partial charge in [-0.3, -0.25) is 10.1 Å². The normalized spacial score (nSPS) is 9.67. The third-order valence-electron chi connectivity index (χ3n) is 5.22. The Bertz CT molecular complexity index is 1490. The Morgan fingerprint density at radius 2 is 1.25 bits per heavy atom. The monoisotopic (exact) mass is 478 g/mol. The van der Waals surface area contributed by atoms with Gasteiger partial charge in [0.1, 0.15) is 11.5 Å². The van der Waals surface area contributed by atoms with Crippen molar-refractivity contribution in [3.8, 4) is 45.9 Å². The highest BCUT2D eigenvalue weighted by Crippen LogP contribution is 2.34. The minimum Gasteiger partial charge on any atom is -0.496 e. The summed E-state index contributed by atoms with van der Waals surface area (Å²) in [7, 11) is 3.11. The largest absolute Gasteiger partial charge is 0.496 e. The van der Waals surface area contributed by atoms with Crippen molar-refractivity contribution in [1.82, 2.24) is 0 Å². The molecule has 0 heterocycles. The molecular formula is C28H22N4O4. The van der Waals surface area contributed by atoms with Gasteiger partial charge in [0.05, 0.1) is 42.4 Å². The predicted octanol–water partition coefficient (Wildman–Crippen LogP) is 5.96. The highest BCUT2D eigenvalue weighted by atomic mass is 16.6. The Labute approximate surface area is 208 Å². The number of ether oxygens (including phenoxy) is 2. The van der Waals surface area contributed by atoms with E-state index in [9.17, 15) is 10.1 Å². The van der Waals surface area contributed by atoms with E-state index in [1.54, 1.807) is 49.6 Å². The van der Waals surface area contributed by atoms with Gasteiger partial charge in [-0.2, -0.15) is 10.5 Å². The topological polar surface area (TPSA) is 135 Å². The SMILES string of the molecule is COc1ccc(N)cc1-c1cccc(C#N)c1.COc1ccc([N+](=O)[O-])cc1-c1cccc(C#N)c1. The van der Waals surface area contributed by atoms with Crippen LogP contribution < -0.4 is 15.2 Å². The lowest BCUT2D eigenvalue weighted by molar-refractivity contribution is -0.384. The first-order valence-electron chi connectivity index (χ1n) is 10.7. The van der Waals surface area contributed by atoms with Gasteiger partial charge >= 0.3 is 0 Å². The van der Waals surface area contributed by atoms with E-state index in [1.807, 2.05) is 36.4 Å². The second-order valence-electron chi connectivity index (χ2n) is 7.49. The minimum absolute atomic E-state index is 0.0156. The Morgan fingerprint density at radius 1 is 0.750 bits per heavy atom. The van der Waals surface area contributed by atoms with Crippen LogP contribution in [0.3, 0.4) is 0 Å². The fraction of sp³-hybridized carbons (Fsp3) is 0.0714. The second-order valence-corrected chi connectivity index (χ2v) is 7.49. The average Bonchev–Trinajstić information content (AvgIpc) is 2.93. The summed E-state index contributed by atoms with van der Waals surface area (Å²) in [5.74, 6) is 1.27. The van der Waals surface area contributed by atoms with Gasteiger partial charge in [0.25, 0.3) is 5.69 Å². The van der Waals surface area contributed by atoms with Gasteiger partial charge in [-0.05, 0) is 59.7 Å². The maximum atomic E-state index is 10.8. The first-order valence-corrected chi connectivity index (χ1v) is 10.7. The summed E-state index contributed by atoms with van der Waals surface area (Å²) in [5.41, 5.74) is 10.6. The Balaban J connectivity index is 0.000000202. The fourth-order valence-corrected chi connectivity index (χ4v) is 3.50. The van der Waals surface area contributed by atoms with Crippen LogP contribution in [0, 0.1) is 32.8 Å². The number of rotatable bonds is 5. The number of nitrogens with zero attached hydrogens (tertiary/aromatic N) is 3. The molecular weight excluding hydrogens is 456 g/mol. The van der Waals surface area contributed by atoms with Crippen molar-refractivity contribution in [2.45, 2.75) is 0 Å². The van der Waals surface area contributed by atoms with Gasteiger partial charge in [-0.25, -0.2) is 0 Å². The van der Waals surface area contributed by atoms with Crippen molar-refractivity contribution < 1.29 is 14.4 Å². The average molecular weight is 479 g/mol. The number of hydrogen-bond acceptors (Lipinski definition) is 7. The van der Waals surface area contributed by atoms with Gasteiger partial charge in [-0.1, -0.05) is 24.3 Å². The van der Waals surface area contributed by atoms with Gasteiger partial charge in [0.2, 0.25) is 0 Å². The summed E-state index contributed by atoms with van der Waals surface area (Å²) in [6.45, 7) is 0. The Morgan fingerprint density at radius 3 is 1.72 bits per heavy atom. The van der Waals surface area contributed by atoms with E-state index in [0.29, 0.717) is 33.7 Å². The molecule has 0 aliphatic carbocycles. The van der Waals surface area contributed by atoms with Gasteiger partial charge in [-0.15, -0.1) is 0 Å². The molecule has 36 heavy (non-hydrogen) atoms. The molecule has 0 unspecified atom stereocenters. The van der Waals surface area contributed by atoms with E-state index in [1.165, 1.54) is 19.2 Å². The van der Waals surface area contributed by atoms with Crippen LogP contribution in [0.4, 0.5) is 11.4 Å². The van der Waals surface area contributed by atoms with Crippen LogP contribution in [0.15, 0.2) is 84.9 Å². The molecule has 4 aromatic rings. The lowest BCUT2D eigenvalue weighted by Crippen LogP contribution is -1.92. The van der Waals surface area contributed by atoms with E-state index in [2.05, 4.69) is 6.07 Å². The lowest BCUT2D eigenvalue weighted by atomic mass is 10.0. The molecule has 0 bridgehead atoms. The number of hydrogen-bond donors (Lipinski definition) is 1. The molecule has 0 atom stereocenters. The Hall–Kier alpha value is -5.34. The Kier molecular flexibility index (Phi) is 8.21. The zero-order chi connectivity index (χ0) is 26.1. The maximum absolute atomic E-state index is 10.8. The summed E-state index contributed by atoms with van der Waals surface area (Å²) in [4.78, 5) is 10.4. The van der Waals surface area contributed by atoms with E-state index < -0.39 is 4.92 Å². The molecule has 0 aliphatic rings. The fourth-order valence-electron chi connectivity index (χ4n) is 3.50. The molecule has 4 aromatic carbocycles. The van der Waals surface area contributed by atoms with E-state index in [-0.39, 0.29) is 5.69 Å². The molecule has 4 rings (SSSR count). The number of anilines is 1. The lowest BCUT2D eigenvalue weighted by Gasteiger charge is -2.09. The van der Waals surface area contributed by atoms with E-state index >= 15 is 0 Å².